The molecule has 7 nitrogen and oxygen atoms in total. The van der Waals surface area contributed by atoms with Crippen LogP contribution in [0.2, 0.25) is 0 Å². The summed E-state index contributed by atoms with van der Waals surface area (Å²) < 4.78 is 8.04. The van der Waals surface area contributed by atoms with Crippen LogP contribution in [0.3, 0.4) is 0 Å². The third-order valence-electron chi connectivity index (χ3n) is 5.68. The number of fused-ring (bicyclic) bond motifs is 1. The molecule has 34 heavy (non-hydrogen) atoms. The average molecular weight is 458 g/mol. The van der Waals surface area contributed by atoms with Crippen LogP contribution in [0, 0.1) is 5.92 Å². The van der Waals surface area contributed by atoms with E-state index in [0.717, 1.165) is 35.5 Å². The van der Waals surface area contributed by atoms with E-state index in [0.29, 0.717) is 29.7 Å². The molecule has 2 N–H and O–H groups in total. The standard InChI is InChI=1S/C27H31N5O2/c1-5-19-6-8-20(9-7-19)30-27-31-23-16-21(10-11-25(23)32(27)4)34-22-13-15-28-24(17-22)26(33)29-14-12-18(2)3/h6-11,13,15-18H,5,12,14H2,1-4H3,(H,29,33)(H,30,31). The number of rotatable bonds is 9. The topological polar surface area (TPSA) is 81.1 Å². The van der Waals surface area contributed by atoms with E-state index in [2.05, 4.69) is 60.7 Å². The largest absolute Gasteiger partial charge is 0.457 e. The number of nitrogens with zero attached hydrogens (tertiary/aromatic N) is 3. The number of amides is 1. The molecule has 7 heteroatoms. The van der Waals surface area contributed by atoms with Crippen LogP contribution in [0.5, 0.6) is 11.5 Å². The Bertz CT molecular complexity index is 1280. The minimum Gasteiger partial charge on any atom is -0.457 e. The number of pyridine rings is 1. The molecule has 0 saturated carbocycles. The smallest absolute Gasteiger partial charge is 0.270 e. The van der Waals surface area contributed by atoms with Gasteiger partial charge in [0.25, 0.3) is 5.91 Å². The quantitative estimate of drug-likeness (QED) is 0.330. The first-order valence-electron chi connectivity index (χ1n) is 11.7. The van der Waals surface area contributed by atoms with Gasteiger partial charge in [-0.25, -0.2) is 4.98 Å². The van der Waals surface area contributed by atoms with Crippen molar-refractivity contribution in [1.29, 1.82) is 0 Å². The zero-order valence-electron chi connectivity index (χ0n) is 20.1. The summed E-state index contributed by atoms with van der Waals surface area (Å²) in [6, 6.07) is 17.5. The van der Waals surface area contributed by atoms with Crippen LogP contribution in [0.25, 0.3) is 11.0 Å². The predicted octanol–water partition coefficient (Wildman–Crippen LogP) is 5.84. The minimum absolute atomic E-state index is 0.200. The number of ether oxygens (including phenoxy) is 1. The molecule has 0 unspecified atom stereocenters. The number of hydrogen-bond acceptors (Lipinski definition) is 5. The van der Waals surface area contributed by atoms with E-state index in [9.17, 15) is 4.79 Å². The van der Waals surface area contributed by atoms with E-state index in [-0.39, 0.29) is 5.91 Å². The van der Waals surface area contributed by atoms with E-state index in [1.807, 2.05) is 29.8 Å². The molecule has 0 aliphatic carbocycles. The first kappa shape index (κ1) is 23.3. The van der Waals surface area contributed by atoms with E-state index in [1.165, 1.54) is 5.56 Å². The zero-order valence-corrected chi connectivity index (χ0v) is 20.1. The van der Waals surface area contributed by atoms with Gasteiger partial charge in [0.15, 0.2) is 0 Å². The van der Waals surface area contributed by atoms with Crippen molar-refractivity contribution in [1.82, 2.24) is 19.9 Å². The third-order valence-corrected chi connectivity index (χ3v) is 5.68. The highest BCUT2D eigenvalue weighted by Gasteiger charge is 2.12. The fourth-order valence-electron chi connectivity index (χ4n) is 3.61. The lowest BCUT2D eigenvalue weighted by molar-refractivity contribution is 0.0946. The Morgan fingerprint density at radius 1 is 1.06 bits per heavy atom. The molecular formula is C27H31N5O2. The van der Waals surface area contributed by atoms with Gasteiger partial charge in [-0.1, -0.05) is 32.9 Å². The van der Waals surface area contributed by atoms with Gasteiger partial charge in [0.05, 0.1) is 11.0 Å². The maximum absolute atomic E-state index is 12.4. The number of anilines is 2. The lowest BCUT2D eigenvalue weighted by Crippen LogP contribution is -2.26. The highest BCUT2D eigenvalue weighted by atomic mass is 16.5. The number of hydrogen-bond donors (Lipinski definition) is 2. The van der Waals surface area contributed by atoms with Crippen LogP contribution >= 0.6 is 0 Å². The van der Waals surface area contributed by atoms with Crippen LogP contribution in [0.4, 0.5) is 11.6 Å². The van der Waals surface area contributed by atoms with Crippen molar-refractivity contribution < 1.29 is 9.53 Å². The van der Waals surface area contributed by atoms with Gasteiger partial charge in [-0.15, -0.1) is 0 Å². The molecule has 4 rings (SSSR count). The van der Waals surface area contributed by atoms with Crippen molar-refractivity contribution in [2.45, 2.75) is 33.6 Å². The normalized spacial score (nSPS) is 11.1. The molecule has 176 valence electrons. The van der Waals surface area contributed by atoms with Crippen LogP contribution in [0.1, 0.15) is 43.2 Å². The Morgan fingerprint density at radius 2 is 1.82 bits per heavy atom. The fraction of sp³-hybridized carbons (Fsp3) is 0.296. The maximum atomic E-state index is 12.4. The summed E-state index contributed by atoms with van der Waals surface area (Å²) in [4.78, 5) is 21.3. The number of benzene rings is 2. The molecule has 0 bridgehead atoms. The van der Waals surface area contributed by atoms with Crippen molar-refractivity contribution in [2.24, 2.45) is 13.0 Å². The fourth-order valence-corrected chi connectivity index (χ4v) is 3.61. The second-order valence-corrected chi connectivity index (χ2v) is 8.74. The van der Waals surface area contributed by atoms with Gasteiger partial charge in [0.1, 0.15) is 17.2 Å². The second-order valence-electron chi connectivity index (χ2n) is 8.74. The van der Waals surface area contributed by atoms with Gasteiger partial charge in [-0.3, -0.25) is 9.78 Å². The number of carbonyl (C=O) groups excluding carboxylic acids is 1. The summed E-state index contributed by atoms with van der Waals surface area (Å²) in [5.74, 6) is 2.27. The Labute approximate surface area is 200 Å². The summed E-state index contributed by atoms with van der Waals surface area (Å²) in [7, 11) is 1.98. The number of aromatic nitrogens is 3. The molecule has 0 radical (unpaired) electrons. The molecule has 0 saturated heterocycles. The van der Waals surface area contributed by atoms with Crippen molar-refractivity contribution in [3.8, 4) is 11.5 Å². The van der Waals surface area contributed by atoms with Crippen molar-refractivity contribution >= 4 is 28.6 Å². The van der Waals surface area contributed by atoms with E-state index in [4.69, 9.17) is 9.72 Å². The molecule has 0 spiro atoms. The third kappa shape index (κ3) is 5.54. The molecule has 0 atom stereocenters. The van der Waals surface area contributed by atoms with E-state index >= 15 is 0 Å². The van der Waals surface area contributed by atoms with Crippen LogP contribution in [-0.2, 0) is 13.5 Å². The van der Waals surface area contributed by atoms with Gasteiger partial charge in [0.2, 0.25) is 5.95 Å². The highest BCUT2D eigenvalue weighted by molar-refractivity contribution is 5.92. The van der Waals surface area contributed by atoms with Gasteiger partial charge in [0, 0.05) is 37.6 Å². The summed E-state index contributed by atoms with van der Waals surface area (Å²) in [5, 5.41) is 6.29. The first-order valence-corrected chi connectivity index (χ1v) is 11.7. The minimum atomic E-state index is -0.200. The Kier molecular flexibility index (Phi) is 7.11. The van der Waals surface area contributed by atoms with Crippen molar-refractivity contribution in [2.75, 3.05) is 11.9 Å². The molecule has 4 aromatic rings. The molecular weight excluding hydrogens is 426 g/mol. The Balaban J connectivity index is 1.48. The van der Waals surface area contributed by atoms with Gasteiger partial charge < -0.3 is 19.9 Å². The van der Waals surface area contributed by atoms with E-state index in [1.54, 1.807) is 18.3 Å². The zero-order chi connectivity index (χ0) is 24.1. The number of aryl methyl sites for hydroxylation is 2. The first-order chi connectivity index (χ1) is 16.4. The summed E-state index contributed by atoms with van der Waals surface area (Å²) in [5.41, 5.74) is 4.42. The molecule has 0 fully saturated rings. The van der Waals surface area contributed by atoms with Crippen molar-refractivity contribution in [3.05, 3.63) is 72.1 Å². The van der Waals surface area contributed by atoms with Gasteiger partial charge >= 0.3 is 0 Å². The molecule has 2 aromatic carbocycles. The monoisotopic (exact) mass is 457 g/mol. The predicted molar refractivity (Wildman–Crippen MR) is 136 cm³/mol. The van der Waals surface area contributed by atoms with Gasteiger partial charge in [-0.05, 0) is 54.7 Å². The number of carbonyl (C=O) groups is 1. The average Bonchev–Trinajstić information content (AvgIpc) is 3.13. The maximum Gasteiger partial charge on any atom is 0.270 e. The SMILES string of the molecule is CCc1ccc(Nc2nc3cc(Oc4ccnc(C(=O)NCCC(C)C)c4)ccc3n2C)cc1. The summed E-state index contributed by atoms with van der Waals surface area (Å²) >= 11 is 0. The van der Waals surface area contributed by atoms with Crippen LogP contribution < -0.4 is 15.4 Å². The van der Waals surface area contributed by atoms with Gasteiger partial charge in [-0.2, -0.15) is 0 Å². The van der Waals surface area contributed by atoms with E-state index < -0.39 is 0 Å². The lowest BCUT2D eigenvalue weighted by atomic mass is 10.1. The molecule has 0 aliphatic heterocycles. The highest BCUT2D eigenvalue weighted by Crippen LogP contribution is 2.28. The summed E-state index contributed by atoms with van der Waals surface area (Å²) in [6.07, 6.45) is 3.52. The second kappa shape index (κ2) is 10.4. The molecule has 2 heterocycles. The molecule has 0 aliphatic rings. The van der Waals surface area contributed by atoms with Crippen molar-refractivity contribution in [3.63, 3.8) is 0 Å². The Hall–Kier alpha value is -3.87. The molecule has 2 aromatic heterocycles. The Morgan fingerprint density at radius 3 is 2.56 bits per heavy atom. The summed E-state index contributed by atoms with van der Waals surface area (Å²) in [6.45, 7) is 7.02. The van der Waals surface area contributed by atoms with Crippen LogP contribution in [0.15, 0.2) is 60.8 Å². The lowest BCUT2D eigenvalue weighted by Gasteiger charge is -2.09. The molecule has 1 amide bonds. The number of imidazole rings is 1. The number of nitrogens with one attached hydrogen (secondary N) is 2. The van der Waals surface area contributed by atoms with Crippen LogP contribution in [-0.4, -0.2) is 27.0 Å².